The van der Waals surface area contributed by atoms with Gasteiger partial charge in [-0.3, -0.25) is 9.36 Å². The van der Waals surface area contributed by atoms with Crippen LogP contribution in [0.25, 0.3) is 11.2 Å². The van der Waals surface area contributed by atoms with Gasteiger partial charge in [0.2, 0.25) is 17.8 Å². The number of halogens is 3. The summed E-state index contributed by atoms with van der Waals surface area (Å²) in [6.07, 6.45) is 6.11. The third-order valence-electron chi connectivity index (χ3n) is 7.67. The van der Waals surface area contributed by atoms with Gasteiger partial charge in [-0.05, 0) is 63.0 Å². The Morgan fingerprint density at radius 2 is 1.89 bits per heavy atom. The predicted molar refractivity (Wildman–Crippen MR) is 137 cm³/mol. The second kappa shape index (κ2) is 10.4. The average molecular weight is 534 g/mol. The van der Waals surface area contributed by atoms with Crippen molar-refractivity contribution < 1.29 is 18.7 Å². The molecule has 2 aliphatic carbocycles. The van der Waals surface area contributed by atoms with Crippen LogP contribution in [0.15, 0.2) is 18.3 Å². The number of aliphatic hydroxyl groups excluding tert-OH is 1. The molecule has 2 fully saturated rings. The number of carbonyl (C=O) groups excluding carboxylic acids is 1. The van der Waals surface area contributed by atoms with Crippen molar-refractivity contribution in [3.63, 3.8) is 0 Å². The number of amides is 1. The zero-order chi connectivity index (χ0) is 26.3. The van der Waals surface area contributed by atoms with E-state index in [1.165, 1.54) is 12.1 Å². The van der Waals surface area contributed by atoms with Crippen LogP contribution < -0.4 is 16.4 Å². The highest BCUT2D eigenvalue weighted by Crippen LogP contribution is 2.38. The van der Waals surface area contributed by atoms with Crippen LogP contribution in [0.2, 0.25) is 5.02 Å². The van der Waals surface area contributed by atoms with Crippen LogP contribution in [0.4, 0.5) is 26.4 Å². The maximum absolute atomic E-state index is 14.6. The number of anilines is 3. The van der Waals surface area contributed by atoms with Gasteiger partial charge < -0.3 is 21.5 Å². The number of benzene rings is 1. The fourth-order valence-electron chi connectivity index (χ4n) is 5.37. The van der Waals surface area contributed by atoms with E-state index in [4.69, 9.17) is 22.3 Å². The Morgan fingerprint density at radius 1 is 1.14 bits per heavy atom. The number of nitrogens with one attached hydrogen (secondary N) is 2. The van der Waals surface area contributed by atoms with Crippen LogP contribution in [0.5, 0.6) is 0 Å². The van der Waals surface area contributed by atoms with Gasteiger partial charge in [0.05, 0.1) is 23.0 Å². The zero-order valence-corrected chi connectivity index (χ0v) is 21.2. The van der Waals surface area contributed by atoms with E-state index in [-0.39, 0.29) is 52.6 Å². The Kier molecular flexibility index (Phi) is 7.17. The van der Waals surface area contributed by atoms with E-state index in [1.54, 1.807) is 6.20 Å². The first-order valence-corrected chi connectivity index (χ1v) is 13.0. The average Bonchev–Trinajstić information content (AvgIpc) is 3.24. The minimum Gasteiger partial charge on any atom is -0.393 e. The van der Waals surface area contributed by atoms with Gasteiger partial charge >= 0.3 is 0 Å². The third kappa shape index (κ3) is 5.19. The van der Waals surface area contributed by atoms with Crippen molar-refractivity contribution in [1.82, 2.24) is 19.5 Å². The molecular formula is C25H30ClF2N7O2. The summed E-state index contributed by atoms with van der Waals surface area (Å²) in [5, 5.41) is 16.2. The molecule has 0 radical (unpaired) electrons. The number of nitrogens with two attached hydrogens (primary N) is 1. The maximum Gasteiger partial charge on any atom is 0.224 e. The molecule has 3 aromatic rings. The highest BCUT2D eigenvalue weighted by Gasteiger charge is 2.30. The van der Waals surface area contributed by atoms with Gasteiger partial charge in [-0.2, -0.15) is 4.98 Å². The zero-order valence-electron chi connectivity index (χ0n) is 20.4. The molecular weight excluding hydrogens is 504 g/mol. The monoisotopic (exact) mass is 533 g/mol. The summed E-state index contributed by atoms with van der Waals surface area (Å²) in [5.74, 6) is -1.83. The quantitative estimate of drug-likeness (QED) is 0.338. The summed E-state index contributed by atoms with van der Waals surface area (Å²) in [6, 6.07) is 2.56. The van der Waals surface area contributed by atoms with Crippen LogP contribution in [0, 0.1) is 23.5 Å². The first-order valence-electron chi connectivity index (χ1n) is 12.6. The number of nitrogens with zero attached hydrogens (tertiary/aromatic N) is 4. The van der Waals surface area contributed by atoms with E-state index in [9.17, 15) is 18.7 Å². The maximum atomic E-state index is 14.6. The summed E-state index contributed by atoms with van der Waals surface area (Å²) in [5.41, 5.74) is 6.42. The minimum atomic E-state index is -1.15. The largest absolute Gasteiger partial charge is 0.393 e. The lowest BCUT2D eigenvalue weighted by atomic mass is 9.85. The second-order valence-electron chi connectivity index (χ2n) is 10.2. The van der Waals surface area contributed by atoms with Gasteiger partial charge in [0.15, 0.2) is 17.3 Å². The highest BCUT2D eigenvalue weighted by atomic mass is 35.5. The van der Waals surface area contributed by atoms with Gasteiger partial charge in [0, 0.05) is 18.0 Å². The van der Waals surface area contributed by atoms with Crippen LogP contribution in [0.3, 0.4) is 0 Å². The summed E-state index contributed by atoms with van der Waals surface area (Å²) in [6.45, 7) is 2.04. The number of aromatic nitrogens is 4. The SMILES string of the molecule is C[C@@H]1CC[C@@H](Nc2ncc3nc(Nc4ccc(Cl)c(F)c4F)n(C4CCC(C(N)=O)CC4)c3n2)CC1O. The molecule has 9 nitrogen and oxygen atoms in total. The fraction of sp³-hybridized carbons (Fsp3) is 0.520. The molecule has 5 rings (SSSR count). The lowest BCUT2D eigenvalue weighted by Crippen LogP contribution is -2.35. The van der Waals surface area contributed by atoms with E-state index >= 15 is 0 Å². The number of primary amides is 1. The third-order valence-corrected chi connectivity index (χ3v) is 7.96. The van der Waals surface area contributed by atoms with Crippen molar-refractivity contribution in [3.8, 4) is 0 Å². The molecule has 0 aliphatic heterocycles. The second-order valence-corrected chi connectivity index (χ2v) is 10.6. The molecule has 1 amide bonds. The van der Waals surface area contributed by atoms with Crippen molar-refractivity contribution in [3.05, 3.63) is 35.0 Å². The van der Waals surface area contributed by atoms with Gasteiger partial charge in [-0.1, -0.05) is 18.5 Å². The lowest BCUT2D eigenvalue weighted by Gasteiger charge is -2.31. The standard InChI is InChI=1S/C25H30ClF2N7O2/c1-12-2-5-14(10-19(12)36)31-24-30-11-18-23(34-24)35(15-6-3-13(4-7-15)22(29)37)25(33-18)32-17-9-8-16(26)20(27)21(17)28/h8-9,11-15,19,36H,2-7,10H2,1H3,(H2,29,37)(H,32,33)(H,30,31,34)/t12-,13?,14-,15?,19?/m1/s1. The number of aliphatic hydroxyl groups is 1. The molecule has 1 aromatic carbocycles. The van der Waals surface area contributed by atoms with Crippen LogP contribution in [0.1, 0.15) is 57.9 Å². The Hall–Kier alpha value is -3.05. The van der Waals surface area contributed by atoms with Crippen molar-refractivity contribution in [1.29, 1.82) is 0 Å². The van der Waals surface area contributed by atoms with Crippen LogP contribution in [-0.4, -0.2) is 42.7 Å². The number of imidazole rings is 1. The number of rotatable bonds is 6. The topological polar surface area (TPSA) is 131 Å². The van der Waals surface area contributed by atoms with Crippen molar-refractivity contribution in [2.75, 3.05) is 10.6 Å². The van der Waals surface area contributed by atoms with E-state index in [0.717, 1.165) is 12.8 Å². The number of carbonyl (C=O) groups is 1. The molecule has 2 heterocycles. The first-order chi connectivity index (χ1) is 17.7. The van der Waals surface area contributed by atoms with Crippen molar-refractivity contribution in [2.24, 2.45) is 17.6 Å². The summed E-state index contributed by atoms with van der Waals surface area (Å²) in [4.78, 5) is 25.4. The van der Waals surface area contributed by atoms with Crippen LogP contribution in [-0.2, 0) is 4.79 Å². The molecule has 5 N–H and O–H groups in total. The molecule has 198 valence electrons. The van der Waals surface area contributed by atoms with Crippen molar-refractivity contribution in [2.45, 2.75) is 70.1 Å². The number of hydrogen-bond donors (Lipinski definition) is 4. The van der Waals surface area contributed by atoms with Gasteiger partial charge in [-0.15, -0.1) is 0 Å². The number of fused-ring (bicyclic) bond motifs is 1. The predicted octanol–water partition coefficient (Wildman–Crippen LogP) is 4.68. The Labute approximate surface area is 217 Å². The molecule has 2 saturated carbocycles. The van der Waals surface area contributed by atoms with E-state index in [1.807, 2.05) is 11.5 Å². The Bertz CT molecular complexity index is 1310. The molecule has 12 heteroatoms. The van der Waals surface area contributed by atoms with Crippen LogP contribution >= 0.6 is 11.6 Å². The Balaban J connectivity index is 1.49. The first kappa shape index (κ1) is 25.6. The molecule has 37 heavy (non-hydrogen) atoms. The molecule has 1 unspecified atom stereocenters. The summed E-state index contributed by atoms with van der Waals surface area (Å²) < 4.78 is 30.6. The van der Waals surface area contributed by atoms with Crippen molar-refractivity contribution >= 4 is 46.3 Å². The van der Waals surface area contributed by atoms with E-state index < -0.39 is 11.6 Å². The normalized spacial score (nSPS) is 26.2. The minimum absolute atomic E-state index is 0.0368. The summed E-state index contributed by atoms with van der Waals surface area (Å²) in [7, 11) is 0. The molecule has 0 spiro atoms. The molecule has 2 aromatic heterocycles. The number of hydrogen-bond acceptors (Lipinski definition) is 7. The van der Waals surface area contributed by atoms with Gasteiger partial charge in [0.25, 0.3) is 0 Å². The smallest absolute Gasteiger partial charge is 0.224 e. The van der Waals surface area contributed by atoms with E-state index in [0.29, 0.717) is 49.2 Å². The summed E-state index contributed by atoms with van der Waals surface area (Å²) >= 11 is 5.72. The fourth-order valence-corrected chi connectivity index (χ4v) is 5.51. The lowest BCUT2D eigenvalue weighted by molar-refractivity contribution is -0.122. The molecule has 0 saturated heterocycles. The highest BCUT2D eigenvalue weighted by molar-refractivity contribution is 6.30. The van der Waals surface area contributed by atoms with E-state index in [2.05, 4.69) is 20.6 Å². The Morgan fingerprint density at radius 3 is 2.59 bits per heavy atom. The molecule has 0 bridgehead atoms. The molecule has 3 atom stereocenters. The molecule has 2 aliphatic rings. The van der Waals surface area contributed by atoms with Gasteiger partial charge in [0.1, 0.15) is 5.52 Å². The van der Waals surface area contributed by atoms with Gasteiger partial charge in [-0.25, -0.2) is 18.7 Å².